The molecule has 0 bridgehead atoms. The fraction of sp³-hybridized carbons (Fsp3) is 0.583. The highest BCUT2D eigenvalue weighted by atomic mass is 35.5. The Hall–Kier alpha value is -0.600. The maximum absolute atomic E-state index is 6.06. The average molecular weight is 225 g/mol. The molecule has 2 nitrogen and oxygen atoms in total. The van der Waals surface area contributed by atoms with E-state index in [9.17, 15) is 0 Å². The van der Waals surface area contributed by atoms with Crippen LogP contribution in [0.3, 0.4) is 0 Å². The third-order valence-corrected chi connectivity index (χ3v) is 3.52. The maximum Gasteiger partial charge on any atom is 0.133 e. The van der Waals surface area contributed by atoms with Crippen LogP contribution >= 0.6 is 11.6 Å². The van der Waals surface area contributed by atoms with Gasteiger partial charge in [-0.1, -0.05) is 24.6 Å². The van der Waals surface area contributed by atoms with Crippen LogP contribution in [-0.2, 0) is 6.54 Å². The first kappa shape index (κ1) is 10.9. The predicted octanol–water partition coefficient (Wildman–Crippen LogP) is 3.11. The Morgan fingerprint density at radius 1 is 1.60 bits per heavy atom. The molecule has 1 atom stereocenters. The third kappa shape index (κ3) is 2.50. The number of rotatable bonds is 3. The molecule has 0 spiro atoms. The summed E-state index contributed by atoms with van der Waals surface area (Å²) in [7, 11) is 0. The van der Waals surface area contributed by atoms with Gasteiger partial charge in [-0.05, 0) is 31.9 Å². The van der Waals surface area contributed by atoms with Crippen LogP contribution in [0.25, 0.3) is 0 Å². The van der Waals surface area contributed by atoms with Crippen LogP contribution in [-0.4, -0.2) is 22.5 Å². The first-order valence-corrected chi connectivity index (χ1v) is 6.02. The predicted molar refractivity (Wildman–Crippen MR) is 63.0 cm³/mol. The molecule has 0 N–H and O–H groups in total. The normalized spacial score (nSPS) is 22.1. The molecular weight excluding hydrogens is 208 g/mol. The van der Waals surface area contributed by atoms with Gasteiger partial charge in [-0.15, -0.1) is 0 Å². The lowest BCUT2D eigenvalue weighted by atomic mass is 10.1. The van der Waals surface area contributed by atoms with Crippen molar-refractivity contribution in [1.82, 2.24) is 9.88 Å². The van der Waals surface area contributed by atoms with Crippen LogP contribution in [0.2, 0.25) is 5.15 Å². The Balaban J connectivity index is 2.05. The Morgan fingerprint density at radius 3 is 3.20 bits per heavy atom. The number of halogens is 1. The van der Waals surface area contributed by atoms with E-state index >= 15 is 0 Å². The molecule has 1 fully saturated rings. The van der Waals surface area contributed by atoms with Crippen molar-refractivity contribution in [3.05, 3.63) is 29.0 Å². The van der Waals surface area contributed by atoms with Gasteiger partial charge in [0.15, 0.2) is 0 Å². The average Bonchev–Trinajstić information content (AvgIpc) is 2.69. The van der Waals surface area contributed by atoms with E-state index in [1.807, 2.05) is 6.07 Å². The Bertz CT molecular complexity index is 327. The molecular formula is C12H17ClN2. The molecule has 0 aliphatic carbocycles. The lowest BCUT2D eigenvalue weighted by Gasteiger charge is -2.23. The van der Waals surface area contributed by atoms with Gasteiger partial charge in [0.25, 0.3) is 0 Å². The van der Waals surface area contributed by atoms with Crippen LogP contribution in [0, 0.1) is 0 Å². The van der Waals surface area contributed by atoms with Gasteiger partial charge in [-0.3, -0.25) is 4.90 Å². The van der Waals surface area contributed by atoms with Crippen molar-refractivity contribution in [1.29, 1.82) is 0 Å². The number of nitrogens with zero attached hydrogens (tertiary/aromatic N) is 2. The second-order valence-corrected chi connectivity index (χ2v) is 4.49. The third-order valence-electron chi connectivity index (χ3n) is 3.18. The second kappa shape index (κ2) is 4.95. The van der Waals surface area contributed by atoms with Gasteiger partial charge < -0.3 is 0 Å². The lowest BCUT2D eigenvalue weighted by molar-refractivity contribution is 0.240. The molecule has 1 aliphatic rings. The van der Waals surface area contributed by atoms with Gasteiger partial charge in [0.05, 0.1) is 0 Å². The minimum Gasteiger partial charge on any atom is -0.296 e. The molecule has 1 saturated heterocycles. The van der Waals surface area contributed by atoms with Gasteiger partial charge in [0.1, 0.15) is 5.15 Å². The number of aromatic nitrogens is 1. The minimum atomic E-state index is 0.652. The van der Waals surface area contributed by atoms with Crippen molar-refractivity contribution < 1.29 is 0 Å². The highest BCUT2D eigenvalue weighted by molar-refractivity contribution is 6.30. The zero-order valence-electron chi connectivity index (χ0n) is 9.12. The summed E-state index contributed by atoms with van der Waals surface area (Å²) >= 11 is 6.06. The summed E-state index contributed by atoms with van der Waals surface area (Å²) in [6.45, 7) is 4.41. The van der Waals surface area contributed by atoms with Crippen LogP contribution in [0.15, 0.2) is 18.3 Å². The molecule has 1 aromatic heterocycles. The summed E-state index contributed by atoms with van der Waals surface area (Å²) in [4.78, 5) is 6.63. The standard InChI is InChI=1S/C12H17ClN2/c1-2-11-6-4-8-15(11)9-10-5-3-7-14-12(10)13/h3,5,7,11H,2,4,6,8-9H2,1H3. The monoisotopic (exact) mass is 224 g/mol. The Morgan fingerprint density at radius 2 is 2.47 bits per heavy atom. The highest BCUT2D eigenvalue weighted by Crippen LogP contribution is 2.23. The SMILES string of the molecule is CCC1CCCN1Cc1cccnc1Cl. The van der Waals surface area contributed by atoms with Gasteiger partial charge in [0, 0.05) is 24.3 Å². The van der Waals surface area contributed by atoms with Crippen molar-refractivity contribution in [2.75, 3.05) is 6.54 Å². The van der Waals surface area contributed by atoms with Gasteiger partial charge in [-0.2, -0.15) is 0 Å². The smallest absolute Gasteiger partial charge is 0.133 e. The summed E-state index contributed by atoms with van der Waals surface area (Å²) in [5.41, 5.74) is 1.15. The van der Waals surface area contributed by atoms with Gasteiger partial charge in [0.2, 0.25) is 0 Å². The summed E-state index contributed by atoms with van der Waals surface area (Å²) < 4.78 is 0. The summed E-state index contributed by atoms with van der Waals surface area (Å²) in [6.07, 6.45) is 5.62. The molecule has 0 aromatic carbocycles. The number of hydrogen-bond acceptors (Lipinski definition) is 2. The molecule has 82 valence electrons. The van der Waals surface area contributed by atoms with Gasteiger partial charge >= 0.3 is 0 Å². The van der Waals surface area contributed by atoms with Crippen molar-refractivity contribution in [3.8, 4) is 0 Å². The molecule has 2 rings (SSSR count). The van der Waals surface area contributed by atoms with E-state index in [1.165, 1.54) is 25.8 Å². The summed E-state index contributed by atoms with van der Waals surface area (Å²) in [5, 5.41) is 0.652. The van der Waals surface area contributed by atoms with Crippen LogP contribution in [0.1, 0.15) is 31.7 Å². The molecule has 3 heteroatoms. The van der Waals surface area contributed by atoms with E-state index in [1.54, 1.807) is 6.20 Å². The van der Waals surface area contributed by atoms with Crippen LogP contribution in [0.4, 0.5) is 0 Å². The largest absolute Gasteiger partial charge is 0.296 e. The number of likely N-dealkylation sites (tertiary alicyclic amines) is 1. The van der Waals surface area contributed by atoms with E-state index in [4.69, 9.17) is 11.6 Å². The first-order chi connectivity index (χ1) is 7.31. The Kier molecular flexibility index (Phi) is 3.60. The number of pyridine rings is 1. The highest BCUT2D eigenvalue weighted by Gasteiger charge is 2.23. The summed E-state index contributed by atoms with van der Waals surface area (Å²) in [6, 6.07) is 4.76. The number of hydrogen-bond donors (Lipinski definition) is 0. The quantitative estimate of drug-likeness (QED) is 0.734. The van der Waals surface area contributed by atoms with E-state index in [0.717, 1.165) is 18.2 Å². The Labute approximate surface area is 96.3 Å². The van der Waals surface area contributed by atoms with Crippen LogP contribution < -0.4 is 0 Å². The van der Waals surface area contributed by atoms with Crippen molar-refractivity contribution >= 4 is 11.6 Å². The topological polar surface area (TPSA) is 16.1 Å². The van der Waals surface area contributed by atoms with E-state index in [-0.39, 0.29) is 0 Å². The molecule has 0 amide bonds. The summed E-state index contributed by atoms with van der Waals surface area (Å²) in [5.74, 6) is 0. The molecule has 15 heavy (non-hydrogen) atoms. The molecule has 2 heterocycles. The van der Waals surface area contributed by atoms with Crippen molar-refractivity contribution in [3.63, 3.8) is 0 Å². The fourth-order valence-electron chi connectivity index (χ4n) is 2.32. The zero-order valence-corrected chi connectivity index (χ0v) is 9.87. The molecule has 0 radical (unpaired) electrons. The maximum atomic E-state index is 6.06. The molecule has 1 aliphatic heterocycles. The zero-order chi connectivity index (χ0) is 10.7. The molecule has 1 unspecified atom stereocenters. The molecule has 1 aromatic rings. The first-order valence-electron chi connectivity index (χ1n) is 5.64. The van der Waals surface area contributed by atoms with E-state index < -0.39 is 0 Å². The fourth-order valence-corrected chi connectivity index (χ4v) is 2.50. The second-order valence-electron chi connectivity index (χ2n) is 4.13. The van der Waals surface area contributed by atoms with E-state index in [0.29, 0.717) is 5.15 Å². The minimum absolute atomic E-state index is 0.652. The molecule has 0 saturated carbocycles. The van der Waals surface area contributed by atoms with Crippen LogP contribution in [0.5, 0.6) is 0 Å². The van der Waals surface area contributed by atoms with Crippen molar-refractivity contribution in [2.24, 2.45) is 0 Å². The van der Waals surface area contributed by atoms with Gasteiger partial charge in [-0.25, -0.2) is 4.98 Å². The van der Waals surface area contributed by atoms with E-state index in [2.05, 4.69) is 22.9 Å². The lowest BCUT2D eigenvalue weighted by Crippen LogP contribution is -2.28. The van der Waals surface area contributed by atoms with Crippen molar-refractivity contribution in [2.45, 2.75) is 38.8 Å².